The van der Waals surface area contributed by atoms with E-state index in [4.69, 9.17) is 0 Å². The standard InChI is InChI=1S/C30H35FN2O2/c1-21(2)19-32-30(35)28(17-24-8-6-5-7-9-24)33(20-25-12-14-27(31)15-13-25)29(34)18-26-11-10-22(3)23(4)16-26/h5-16,21,28H,17-20H2,1-4H3,(H,32,35). The Morgan fingerprint density at radius 3 is 2.14 bits per heavy atom. The van der Waals surface area contributed by atoms with Crippen LogP contribution in [0.2, 0.25) is 0 Å². The zero-order valence-electron chi connectivity index (χ0n) is 21.1. The Bertz CT molecular complexity index is 1130. The summed E-state index contributed by atoms with van der Waals surface area (Å²) in [5, 5.41) is 3.02. The van der Waals surface area contributed by atoms with Crippen LogP contribution >= 0.6 is 0 Å². The molecule has 0 heterocycles. The van der Waals surface area contributed by atoms with Gasteiger partial charge in [0.15, 0.2) is 0 Å². The van der Waals surface area contributed by atoms with Crippen LogP contribution in [0, 0.1) is 25.6 Å². The van der Waals surface area contributed by atoms with Crippen molar-refractivity contribution in [1.29, 1.82) is 0 Å². The highest BCUT2D eigenvalue weighted by Crippen LogP contribution is 2.18. The fourth-order valence-corrected chi connectivity index (χ4v) is 3.95. The third-order valence-corrected chi connectivity index (χ3v) is 6.15. The van der Waals surface area contributed by atoms with Crippen LogP contribution in [-0.4, -0.2) is 29.3 Å². The van der Waals surface area contributed by atoms with E-state index in [1.165, 1.54) is 17.7 Å². The lowest BCUT2D eigenvalue weighted by molar-refractivity contribution is -0.140. The number of nitrogens with zero attached hydrogens (tertiary/aromatic N) is 1. The van der Waals surface area contributed by atoms with Crippen molar-refractivity contribution < 1.29 is 14.0 Å². The van der Waals surface area contributed by atoms with Gasteiger partial charge < -0.3 is 10.2 Å². The number of hydrogen-bond donors (Lipinski definition) is 1. The van der Waals surface area contributed by atoms with Crippen molar-refractivity contribution in [3.8, 4) is 0 Å². The van der Waals surface area contributed by atoms with Crippen LogP contribution in [0.25, 0.3) is 0 Å². The normalized spacial score (nSPS) is 11.8. The van der Waals surface area contributed by atoms with E-state index in [-0.39, 0.29) is 36.5 Å². The summed E-state index contributed by atoms with van der Waals surface area (Å²) in [7, 11) is 0. The van der Waals surface area contributed by atoms with Gasteiger partial charge in [0.05, 0.1) is 6.42 Å². The Labute approximate surface area is 208 Å². The van der Waals surface area contributed by atoms with Crippen molar-refractivity contribution in [2.45, 2.75) is 53.1 Å². The van der Waals surface area contributed by atoms with Gasteiger partial charge in [-0.2, -0.15) is 0 Å². The molecular formula is C30H35FN2O2. The van der Waals surface area contributed by atoms with E-state index in [1.807, 2.05) is 76.2 Å². The van der Waals surface area contributed by atoms with Gasteiger partial charge in [-0.05, 0) is 59.7 Å². The second-order valence-corrected chi connectivity index (χ2v) is 9.59. The minimum atomic E-state index is -0.694. The molecule has 5 heteroatoms. The van der Waals surface area contributed by atoms with Gasteiger partial charge in [-0.15, -0.1) is 0 Å². The Balaban J connectivity index is 1.95. The molecule has 0 spiro atoms. The number of rotatable bonds is 10. The smallest absolute Gasteiger partial charge is 0.243 e. The third kappa shape index (κ3) is 7.78. The number of carbonyl (C=O) groups is 2. The maximum Gasteiger partial charge on any atom is 0.243 e. The summed E-state index contributed by atoms with van der Waals surface area (Å²) < 4.78 is 13.5. The van der Waals surface area contributed by atoms with Crippen LogP contribution in [-0.2, 0) is 29.0 Å². The topological polar surface area (TPSA) is 49.4 Å². The van der Waals surface area contributed by atoms with Gasteiger partial charge in [0, 0.05) is 19.5 Å². The van der Waals surface area contributed by atoms with Crippen LogP contribution in [0.15, 0.2) is 72.8 Å². The summed E-state index contributed by atoms with van der Waals surface area (Å²) in [6.07, 6.45) is 0.579. The molecule has 3 aromatic carbocycles. The lowest BCUT2D eigenvalue weighted by atomic mass is 10.00. The van der Waals surface area contributed by atoms with E-state index >= 15 is 0 Å². The quantitative estimate of drug-likeness (QED) is 0.428. The molecule has 184 valence electrons. The minimum Gasteiger partial charge on any atom is -0.354 e. The van der Waals surface area contributed by atoms with Crippen LogP contribution in [0.1, 0.15) is 41.7 Å². The SMILES string of the molecule is Cc1ccc(CC(=O)N(Cc2ccc(F)cc2)C(Cc2ccccc2)C(=O)NCC(C)C)cc1C. The predicted octanol–water partition coefficient (Wildman–Crippen LogP) is 5.40. The van der Waals surface area contributed by atoms with Crippen molar-refractivity contribution in [2.24, 2.45) is 5.92 Å². The molecule has 0 aliphatic rings. The first kappa shape index (κ1) is 26.1. The first-order valence-electron chi connectivity index (χ1n) is 12.1. The lowest BCUT2D eigenvalue weighted by Crippen LogP contribution is -2.51. The molecule has 0 fully saturated rings. The van der Waals surface area contributed by atoms with E-state index in [9.17, 15) is 14.0 Å². The zero-order chi connectivity index (χ0) is 25.4. The molecule has 0 saturated carbocycles. The molecule has 1 N–H and O–H groups in total. The van der Waals surface area contributed by atoms with Crippen molar-refractivity contribution in [1.82, 2.24) is 10.2 Å². The number of benzene rings is 3. The maximum absolute atomic E-state index is 13.7. The number of hydrogen-bond acceptors (Lipinski definition) is 2. The molecule has 0 saturated heterocycles. The summed E-state index contributed by atoms with van der Waals surface area (Å²) in [4.78, 5) is 28.8. The molecule has 3 aromatic rings. The Morgan fingerprint density at radius 2 is 1.51 bits per heavy atom. The van der Waals surface area contributed by atoms with Gasteiger partial charge in [0.2, 0.25) is 11.8 Å². The lowest BCUT2D eigenvalue weighted by Gasteiger charge is -2.32. The highest BCUT2D eigenvalue weighted by Gasteiger charge is 2.30. The molecule has 1 unspecified atom stereocenters. The van der Waals surface area contributed by atoms with Gasteiger partial charge in [-0.1, -0.05) is 74.5 Å². The van der Waals surface area contributed by atoms with Gasteiger partial charge in [-0.25, -0.2) is 4.39 Å². The Morgan fingerprint density at radius 1 is 0.857 bits per heavy atom. The predicted molar refractivity (Wildman–Crippen MR) is 138 cm³/mol. The van der Waals surface area contributed by atoms with Gasteiger partial charge >= 0.3 is 0 Å². The molecule has 0 radical (unpaired) electrons. The fourth-order valence-electron chi connectivity index (χ4n) is 3.95. The van der Waals surface area contributed by atoms with Crippen molar-refractivity contribution >= 4 is 11.8 Å². The summed E-state index contributed by atoms with van der Waals surface area (Å²) in [5.41, 5.74) is 4.94. The van der Waals surface area contributed by atoms with Gasteiger partial charge in [0.25, 0.3) is 0 Å². The van der Waals surface area contributed by atoms with Gasteiger partial charge in [-0.3, -0.25) is 9.59 Å². The average molecular weight is 475 g/mol. The Kier molecular flexibility index (Phi) is 9.18. The van der Waals surface area contributed by atoms with Crippen molar-refractivity contribution in [2.75, 3.05) is 6.54 Å². The van der Waals surface area contributed by atoms with Gasteiger partial charge in [0.1, 0.15) is 11.9 Å². The Hall–Kier alpha value is -3.47. The number of carbonyl (C=O) groups excluding carboxylic acids is 2. The van der Waals surface area contributed by atoms with Crippen LogP contribution < -0.4 is 5.32 Å². The van der Waals surface area contributed by atoms with Crippen LogP contribution in [0.5, 0.6) is 0 Å². The molecule has 2 amide bonds. The average Bonchev–Trinajstić information content (AvgIpc) is 2.84. The summed E-state index contributed by atoms with van der Waals surface area (Å²) in [6.45, 7) is 8.88. The summed E-state index contributed by atoms with van der Waals surface area (Å²) >= 11 is 0. The molecule has 0 aliphatic heterocycles. The first-order chi connectivity index (χ1) is 16.7. The van der Waals surface area contributed by atoms with Crippen molar-refractivity contribution in [3.63, 3.8) is 0 Å². The molecule has 3 rings (SSSR count). The fraction of sp³-hybridized carbons (Fsp3) is 0.333. The summed E-state index contributed by atoms with van der Waals surface area (Å²) in [6, 6.07) is 21.1. The van der Waals surface area contributed by atoms with E-state index in [0.29, 0.717) is 13.0 Å². The number of nitrogens with one attached hydrogen (secondary N) is 1. The molecule has 35 heavy (non-hydrogen) atoms. The molecular weight excluding hydrogens is 439 g/mol. The molecule has 4 nitrogen and oxygen atoms in total. The third-order valence-electron chi connectivity index (χ3n) is 6.15. The first-order valence-corrected chi connectivity index (χ1v) is 12.1. The largest absolute Gasteiger partial charge is 0.354 e. The number of halogens is 1. The second-order valence-electron chi connectivity index (χ2n) is 9.59. The summed E-state index contributed by atoms with van der Waals surface area (Å²) in [5.74, 6) is -0.373. The molecule has 0 aliphatic carbocycles. The maximum atomic E-state index is 13.7. The molecule has 0 aromatic heterocycles. The van der Waals surface area contributed by atoms with Crippen LogP contribution in [0.3, 0.4) is 0 Å². The van der Waals surface area contributed by atoms with E-state index in [2.05, 4.69) is 5.32 Å². The van der Waals surface area contributed by atoms with E-state index in [0.717, 1.165) is 22.3 Å². The van der Waals surface area contributed by atoms with Crippen LogP contribution in [0.4, 0.5) is 4.39 Å². The monoisotopic (exact) mass is 474 g/mol. The van der Waals surface area contributed by atoms with Crippen molar-refractivity contribution in [3.05, 3.63) is 106 Å². The van der Waals surface area contributed by atoms with E-state index < -0.39 is 6.04 Å². The molecule has 0 bridgehead atoms. The zero-order valence-corrected chi connectivity index (χ0v) is 21.1. The second kappa shape index (κ2) is 12.3. The highest BCUT2D eigenvalue weighted by atomic mass is 19.1. The number of aryl methyl sites for hydroxylation is 2. The van der Waals surface area contributed by atoms with E-state index in [1.54, 1.807) is 17.0 Å². The molecule has 1 atom stereocenters. The number of amides is 2. The minimum absolute atomic E-state index is 0.141. The highest BCUT2D eigenvalue weighted by molar-refractivity contribution is 5.88.